The molecule has 0 N–H and O–H groups in total. The lowest BCUT2D eigenvalue weighted by Crippen LogP contribution is -2.26. The summed E-state index contributed by atoms with van der Waals surface area (Å²) in [5, 5.41) is 0. The SMILES string of the molecule is CC1(C(Br)Cc2ccc(F)cc2)CCCC1. The smallest absolute Gasteiger partial charge is 0.123 e. The summed E-state index contributed by atoms with van der Waals surface area (Å²) in [6.07, 6.45) is 6.31. The number of benzene rings is 1. The number of hydrogen-bond acceptors (Lipinski definition) is 0. The van der Waals surface area contributed by atoms with Crippen LogP contribution < -0.4 is 0 Å². The van der Waals surface area contributed by atoms with Crippen molar-refractivity contribution in [3.63, 3.8) is 0 Å². The quantitative estimate of drug-likeness (QED) is 0.705. The second-order valence-corrected chi connectivity index (χ2v) is 6.26. The van der Waals surface area contributed by atoms with Crippen molar-refractivity contribution < 1.29 is 4.39 Å². The Bertz CT molecular complexity index is 338. The van der Waals surface area contributed by atoms with E-state index in [2.05, 4.69) is 22.9 Å². The first kappa shape index (κ1) is 12.1. The Morgan fingerprint density at radius 1 is 1.25 bits per heavy atom. The summed E-state index contributed by atoms with van der Waals surface area (Å²) in [5.74, 6) is -0.151. The molecule has 2 heteroatoms. The van der Waals surface area contributed by atoms with Crippen LogP contribution in [0, 0.1) is 11.2 Å². The number of halogens is 2. The Morgan fingerprint density at radius 3 is 2.38 bits per heavy atom. The summed E-state index contributed by atoms with van der Waals surface area (Å²) in [7, 11) is 0. The van der Waals surface area contributed by atoms with Gasteiger partial charge in [0.25, 0.3) is 0 Å². The molecule has 1 atom stereocenters. The van der Waals surface area contributed by atoms with Crippen LogP contribution in [0.15, 0.2) is 24.3 Å². The standard InChI is InChI=1S/C14H18BrF/c1-14(8-2-3-9-14)13(15)10-11-4-6-12(16)7-5-11/h4-7,13H,2-3,8-10H2,1H3. The second-order valence-electron chi connectivity index (χ2n) is 5.16. The number of rotatable bonds is 3. The van der Waals surface area contributed by atoms with Crippen molar-refractivity contribution in [2.24, 2.45) is 5.41 Å². The third-order valence-electron chi connectivity index (χ3n) is 3.83. The summed E-state index contributed by atoms with van der Waals surface area (Å²) < 4.78 is 12.8. The molecule has 0 nitrogen and oxygen atoms in total. The van der Waals surface area contributed by atoms with Crippen molar-refractivity contribution in [2.75, 3.05) is 0 Å². The Kier molecular flexibility index (Phi) is 3.68. The van der Waals surface area contributed by atoms with Gasteiger partial charge in [-0.3, -0.25) is 0 Å². The fourth-order valence-corrected chi connectivity index (χ4v) is 3.40. The molecule has 0 saturated heterocycles. The molecule has 0 amide bonds. The van der Waals surface area contributed by atoms with Crippen LogP contribution in [-0.2, 0) is 6.42 Å². The first-order valence-electron chi connectivity index (χ1n) is 5.99. The second kappa shape index (κ2) is 4.87. The van der Waals surface area contributed by atoms with Crippen LogP contribution in [0.2, 0.25) is 0 Å². The van der Waals surface area contributed by atoms with Gasteiger partial charge in [0.1, 0.15) is 5.82 Å². The maximum Gasteiger partial charge on any atom is 0.123 e. The molecule has 0 aromatic heterocycles. The van der Waals surface area contributed by atoms with E-state index in [1.165, 1.54) is 31.2 Å². The third kappa shape index (κ3) is 2.65. The lowest BCUT2D eigenvalue weighted by atomic mass is 9.82. The molecule has 16 heavy (non-hydrogen) atoms. The normalized spacial score (nSPS) is 20.9. The average molecular weight is 285 g/mol. The molecule has 0 spiro atoms. The van der Waals surface area contributed by atoms with Crippen LogP contribution in [0.3, 0.4) is 0 Å². The van der Waals surface area contributed by atoms with Crippen molar-refractivity contribution >= 4 is 15.9 Å². The van der Waals surface area contributed by atoms with Crippen molar-refractivity contribution in [3.8, 4) is 0 Å². The third-order valence-corrected chi connectivity index (χ3v) is 5.26. The van der Waals surface area contributed by atoms with E-state index in [1.807, 2.05) is 12.1 Å². The summed E-state index contributed by atoms with van der Waals surface area (Å²) in [6, 6.07) is 6.88. The van der Waals surface area contributed by atoms with Gasteiger partial charge in [0.05, 0.1) is 0 Å². The van der Waals surface area contributed by atoms with Crippen LogP contribution >= 0.6 is 15.9 Å². The molecule has 2 rings (SSSR count). The molecule has 1 fully saturated rings. The summed E-state index contributed by atoms with van der Waals surface area (Å²) in [6.45, 7) is 2.36. The zero-order valence-electron chi connectivity index (χ0n) is 9.68. The lowest BCUT2D eigenvalue weighted by Gasteiger charge is -2.29. The minimum absolute atomic E-state index is 0.151. The molecule has 0 heterocycles. The maximum atomic E-state index is 12.8. The van der Waals surface area contributed by atoms with Crippen molar-refractivity contribution in [1.29, 1.82) is 0 Å². The van der Waals surface area contributed by atoms with Gasteiger partial charge in [-0.1, -0.05) is 47.8 Å². The van der Waals surface area contributed by atoms with E-state index in [-0.39, 0.29) is 5.82 Å². The summed E-state index contributed by atoms with van der Waals surface area (Å²) in [5.41, 5.74) is 1.64. The van der Waals surface area contributed by atoms with Crippen molar-refractivity contribution in [3.05, 3.63) is 35.6 Å². The van der Waals surface area contributed by atoms with Gasteiger partial charge in [0.15, 0.2) is 0 Å². The van der Waals surface area contributed by atoms with Crippen LogP contribution in [0.25, 0.3) is 0 Å². The van der Waals surface area contributed by atoms with E-state index in [9.17, 15) is 4.39 Å². The highest BCUT2D eigenvalue weighted by atomic mass is 79.9. The van der Waals surface area contributed by atoms with Crippen LogP contribution in [-0.4, -0.2) is 4.83 Å². The van der Waals surface area contributed by atoms with E-state index in [0.717, 1.165) is 6.42 Å². The fourth-order valence-electron chi connectivity index (χ4n) is 2.57. The van der Waals surface area contributed by atoms with Gasteiger partial charge in [-0.15, -0.1) is 0 Å². The van der Waals surface area contributed by atoms with Gasteiger partial charge in [0.2, 0.25) is 0 Å². The van der Waals surface area contributed by atoms with Gasteiger partial charge in [-0.25, -0.2) is 4.39 Å². The van der Waals surface area contributed by atoms with Gasteiger partial charge in [-0.2, -0.15) is 0 Å². The molecule has 1 saturated carbocycles. The molecule has 1 aromatic carbocycles. The van der Waals surface area contributed by atoms with Crippen LogP contribution in [0.1, 0.15) is 38.2 Å². The summed E-state index contributed by atoms with van der Waals surface area (Å²) in [4.78, 5) is 0.507. The highest BCUT2D eigenvalue weighted by Crippen LogP contribution is 2.44. The van der Waals surface area contributed by atoms with E-state index in [0.29, 0.717) is 10.2 Å². The van der Waals surface area contributed by atoms with Crippen LogP contribution in [0.4, 0.5) is 4.39 Å². The predicted molar refractivity (Wildman–Crippen MR) is 69.4 cm³/mol. The largest absolute Gasteiger partial charge is 0.207 e. The molecule has 1 aromatic rings. The van der Waals surface area contributed by atoms with Gasteiger partial charge in [-0.05, 0) is 42.4 Å². The maximum absolute atomic E-state index is 12.8. The predicted octanol–water partition coefficient (Wildman–Crippen LogP) is 4.71. The van der Waals surface area contributed by atoms with Crippen LogP contribution in [0.5, 0.6) is 0 Å². The van der Waals surface area contributed by atoms with Gasteiger partial charge >= 0.3 is 0 Å². The zero-order chi connectivity index (χ0) is 11.6. The monoisotopic (exact) mass is 284 g/mol. The van der Waals surface area contributed by atoms with Gasteiger partial charge < -0.3 is 0 Å². The molecule has 0 bridgehead atoms. The Morgan fingerprint density at radius 2 is 1.81 bits per heavy atom. The molecular weight excluding hydrogens is 267 g/mol. The number of hydrogen-bond donors (Lipinski definition) is 0. The average Bonchev–Trinajstić information content (AvgIpc) is 2.70. The highest BCUT2D eigenvalue weighted by molar-refractivity contribution is 9.09. The fraction of sp³-hybridized carbons (Fsp3) is 0.571. The highest BCUT2D eigenvalue weighted by Gasteiger charge is 2.35. The van der Waals surface area contributed by atoms with Crippen molar-refractivity contribution in [2.45, 2.75) is 43.9 Å². The molecule has 0 radical (unpaired) electrons. The molecular formula is C14H18BrF. The van der Waals surface area contributed by atoms with E-state index in [1.54, 1.807) is 12.1 Å². The molecule has 88 valence electrons. The van der Waals surface area contributed by atoms with Crippen molar-refractivity contribution in [1.82, 2.24) is 0 Å². The van der Waals surface area contributed by atoms with Gasteiger partial charge in [0, 0.05) is 4.83 Å². The Hall–Kier alpha value is -0.370. The van der Waals surface area contributed by atoms with E-state index < -0.39 is 0 Å². The minimum Gasteiger partial charge on any atom is -0.207 e. The summed E-state index contributed by atoms with van der Waals surface area (Å²) >= 11 is 3.82. The molecule has 1 aliphatic carbocycles. The first-order chi connectivity index (χ1) is 7.60. The lowest BCUT2D eigenvalue weighted by molar-refractivity contribution is 0.325. The van der Waals surface area contributed by atoms with E-state index >= 15 is 0 Å². The first-order valence-corrected chi connectivity index (χ1v) is 6.90. The molecule has 0 aliphatic heterocycles. The Balaban J connectivity index is 2.01. The zero-order valence-corrected chi connectivity index (χ0v) is 11.3. The Labute approximate surface area is 105 Å². The molecule has 1 aliphatic rings. The minimum atomic E-state index is -0.151. The topological polar surface area (TPSA) is 0 Å². The van der Waals surface area contributed by atoms with E-state index in [4.69, 9.17) is 0 Å². The number of alkyl halides is 1. The molecule has 1 unspecified atom stereocenters.